The molecule has 0 spiro atoms. The molecule has 1 aliphatic heterocycles. The number of carbonyl (C=O) groups is 2. The molecule has 8 heteroatoms. The van der Waals surface area contributed by atoms with Gasteiger partial charge in [0, 0.05) is 18.3 Å². The molecule has 1 fully saturated rings. The number of fused-ring (bicyclic) bond motifs is 1. The Balaban J connectivity index is 1.62. The van der Waals surface area contributed by atoms with E-state index in [-0.39, 0.29) is 11.6 Å². The molecule has 2 amide bonds. The third-order valence-corrected chi connectivity index (χ3v) is 5.23. The van der Waals surface area contributed by atoms with Gasteiger partial charge in [-0.05, 0) is 43.3 Å². The van der Waals surface area contributed by atoms with E-state index in [0.29, 0.717) is 30.0 Å². The van der Waals surface area contributed by atoms with Crippen LogP contribution < -0.4 is 15.4 Å². The van der Waals surface area contributed by atoms with Crippen molar-refractivity contribution in [2.45, 2.75) is 25.8 Å². The van der Waals surface area contributed by atoms with Crippen molar-refractivity contribution in [3.63, 3.8) is 0 Å². The fourth-order valence-electron chi connectivity index (χ4n) is 2.90. The lowest BCUT2D eigenvalue weighted by Gasteiger charge is -2.22. The van der Waals surface area contributed by atoms with Crippen molar-refractivity contribution in [1.29, 1.82) is 0 Å². The van der Waals surface area contributed by atoms with Crippen LogP contribution in [-0.2, 0) is 4.79 Å². The van der Waals surface area contributed by atoms with E-state index in [2.05, 4.69) is 20.6 Å². The van der Waals surface area contributed by atoms with Crippen molar-refractivity contribution in [2.24, 2.45) is 0 Å². The maximum atomic E-state index is 12.7. The van der Waals surface area contributed by atoms with E-state index in [9.17, 15) is 9.59 Å². The van der Waals surface area contributed by atoms with Gasteiger partial charge in [-0.2, -0.15) is 0 Å². The predicted molar refractivity (Wildman–Crippen MR) is 102 cm³/mol. The van der Waals surface area contributed by atoms with Gasteiger partial charge in [0.15, 0.2) is 0 Å². The van der Waals surface area contributed by atoms with E-state index in [1.165, 1.54) is 11.3 Å². The van der Waals surface area contributed by atoms with Crippen molar-refractivity contribution in [3.8, 4) is 11.5 Å². The van der Waals surface area contributed by atoms with E-state index in [0.717, 1.165) is 16.8 Å². The monoisotopic (exact) mass is 382 g/mol. The summed E-state index contributed by atoms with van der Waals surface area (Å²) < 4.78 is 6.81. The van der Waals surface area contributed by atoms with Gasteiger partial charge in [0.2, 0.25) is 5.91 Å². The minimum absolute atomic E-state index is 0.159. The Kier molecular flexibility index (Phi) is 4.72. The first-order chi connectivity index (χ1) is 13.1. The van der Waals surface area contributed by atoms with Gasteiger partial charge in [0.05, 0.1) is 16.4 Å². The molecule has 2 N–H and O–H groups in total. The van der Waals surface area contributed by atoms with Crippen molar-refractivity contribution in [1.82, 2.24) is 20.6 Å². The van der Waals surface area contributed by atoms with E-state index in [4.69, 9.17) is 4.74 Å². The first-order valence-corrected chi connectivity index (χ1v) is 9.55. The van der Waals surface area contributed by atoms with Gasteiger partial charge >= 0.3 is 0 Å². The number of ether oxygens (including phenoxy) is 1. The molecular weight excluding hydrogens is 364 g/mol. The standard InChI is InChI=1S/C19H18N4O3S/c1-11-4-5-12(10-21-11)26-16-9-15(22-13-6-8-27-17(13)16)19(25)23-14-3-2-7-20-18(14)24/h4-6,8-10,14H,2-3,7H2,1H3,(H,20,24)(H,23,25). The molecule has 1 aliphatic rings. The normalized spacial score (nSPS) is 16.8. The Hall–Kier alpha value is -3.00. The fourth-order valence-corrected chi connectivity index (χ4v) is 3.69. The Morgan fingerprint density at radius 2 is 2.26 bits per heavy atom. The average Bonchev–Trinajstić information content (AvgIpc) is 3.14. The molecule has 4 heterocycles. The topological polar surface area (TPSA) is 93.2 Å². The summed E-state index contributed by atoms with van der Waals surface area (Å²) in [5.41, 5.74) is 1.79. The van der Waals surface area contributed by atoms with E-state index in [1.54, 1.807) is 12.3 Å². The smallest absolute Gasteiger partial charge is 0.270 e. The van der Waals surface area contributed by atoms with Gasteiger partial charge < -0.3 is 15.4 Å². The number of thiophene rings is 1. The summed E-state index contributed by atoms with van der Waals surface area (Å²) >= 11 is 1.49. The Labute approximate surface area is 159 Å². The van der Waals surface area contributed by atoms with Crippen LogP contribution >= 0.6 is 11.3 Å². The summed E-state index contributed by atoms with van der Waals surface area (Å²) in [7, 11) is 0. The number of pyridine rings is 2. The molecular formula is C19H18N4O3S. The Bertz CT molecular complexity index is 1000. The van der Waals surface area contributed by atoms with E-state index >= 15 is 0 Å². The number of hydrogen-bond donors (Lipinski definition) is 2. The van der Waals surface area contributed by atoms with Crippen molar-refractivity contribution < 1.29 is 14.3 Å². The predicted octanol–water partition coefficient (Wildman–Crippen LogP) is 2.80. The first-order valence-electron chi connectivity index (χ1n) is 8.67. The largest absolute Gasteiger partial charge is 0.454 e. The second-order valence-electron chi connectivity index (χ2n) is 6.34. The summed E-state index contributed by atoms with van der Waals surface area (Å²) in [5.74, 6) is 0.573. The van der Waals surface area contributed by atoms with Crippen LogP contribution in [0.15, 0.2) is 35.8 Å². The summed E-state index contributed by atoms with van der Waals surface area (Å²) in [4.78, 5) is 33.2. The van der Waals surface area contributed by atoms with Gasteiger partial charge in [-0.3, -0.25) is 14.6 Å². The summed E-state index contributed by atoms with van der Waals surface area (Å²) in [6.07, 6.45) is 3.10. The molecule has 7 nitrogen and oxygen atoms in total. The minimum Gasteiger partial charge on any atom is -0.454 e. The number of carbonyl (C=O) groups excluding carboxylic acids is 2. The highest BCUT2D eigenvalue weighted by atomic mass is 32.1. The van der Waals surface area contributed by atoms with Gasteiger partial charge in [0.25, 0.3) is 5.91 Å². The molecule has 0 aliphatic carbocycles. The first kappa shape index (κ1) is 17.4. The van der Waals surface area contributed by atoms with E-state index in [1.807, 2.05) is 30.5 Å². The lowest BCUT2D eigenvalue weighted by atomic mass is 10.1. The zero-order chi connectivity index (χ0) is 18.8. The molecule has 138 valence electrons. The second kappa shape index (κ2) is 7.32. The van der Waals surface area contributed by atoms with Gasteiger partial charge in [-0.1, -0.05) is 0 Å². The SMILES string of the molecule is Cc1ccc(Oc2cc(C(=O)NC3CCCNC3=O)nc3ccsc23)cn1. The highest BCUT2D eigenvalue weighted by molar-refractivity contribution is 7.17. The summed E-state index contributed by atoms with van der Waals surface area (Å²) in [5, 5.41) is 7.42. The zero-order valence-corrected chi connectivity index (χ0v) is 15.5. The molecule has 1 saturated heterocycles. The number of piperidine rings is 1. The second-order valence-corrected chi connectivity index (χ2v) is 7.25. The fraction of sp³-hybridized carbons (Fsp3) is 0.263. The molecule has 0 bridgehead atoms. The lowest BCUT2D eigenvalue weighted by Crippen LogP contribution is -2.50. The van der Waals surface area contributed by atoms with Crippen molar-refractivity contribution in [3.05, 3.63) is 47.2 Å². The maximum Gasteiger partial charge on any atom is 0.270 e. The molecule has 0 saturated carbocycles. The number of amides is 2. The third kappa shape index (κ3) is 3.75. The average molecular weight is 382 g/mol. The third-order valence-electron chi connectivity index (χ3n) is 4.31. The molecule has 1 unspecified atom stereocenters. The van der Waals surface area contributed by atoms with Crippen LogP contribution in [-0.4, -0.2) is 34.4 Å². The molecule has 3 aromatic heterocycles. The number of rotatable bonds is 4. The Morgan fingerprint density at radius 1 is 1.37 bits per heavy atom. The lowest BCUT2D eigenvalue weighted by molar-refractivity contribution is -0.124. The van der Waals surface area contributed by atoms with Crippen molar-refractivity contribution >= 4 is 33.4 Å². The number of hydrogen-bond acceptors (Lipinski definition) is 6. The van der Waals surface area contributed by atoms with Crippen molar-refractivity contribution in [2.75, 3.05) is 6.54 Å². The van der Waals surface area contributed by atoms with Crippen LogP contribution in [0.1, 0.15) is 29.0 Å². The van der Waals surface area contributed by atoms with Crippen LogP contribution in [0.3, 0.4) is 0 Å². The maximum absolute atomic E-state index is 12.7. The van der Waals surface area contributed by atoms with Crippen LogP contribution in [0.25, 0.3) is 10.2 Å². The number of aryl methyl sites for hydroxylation is 1. The minimum atomic E-state index is -0.531. The van der Waals surface area contributed by atoms with Crippen LogP contribution in [0.4, 0.5) is 0 Å². The van der Waals surface area contributed by atoms with Crippen LogP contribution in [0, 0.1) is 6.92 Å². The molecule has 0 aromatic carbocycles. The Morgan fingerprint density at radius 3 is 3.04 bits per heavy atom. The highest BCUT2D eigenvalue weighted by Crippen LogP contribution is 2.33. The van der Waals surface area contributed by atoms with Crippen LogP contribution in [0.2, 0.25) is 0 Å². The highest BCUT2D eigenvalue weighted by Gasteiger charge is 2.25. The quantitative estimate of drug-likeness (QED) is 0.724. The summed E-state index contributed by atoms with van der Waals surface area (Å²) in [6, 6.07) is 6.60. The number of nitrogens with one attached hydrogen (secondary N) is 2. The van der Waals surface area contributed by atoms with E-state index < -0.39 is 11.9 Å². The molecule has 27 heavy (non-hydrogen) atoms. The number of nitrogens with zero attached hydrogens (tertiary/aromatic N) is 2. The summed E-state index contributed by atoms with van der Waals surface area (Å²) in [6.45, 7) is 2.55. The number of aromatic nitrogens is 2. The molecule has 4 rings (SSSR count). The van der Waals surface area contributed by atoms with Gasteiger partial charge in [-0.25, -0.2) is 4.98 Å². The molecule has 3 aromatic rings. The van der Waals surface area contributed by atoms with Gasteiger partial charge in [0.1, 0.15) is 23.2 Å². The zero-order valence-electron chi connectivity index (χ0n) is 14.7. The van der Waals surface area contributed by atoms with Crippen LogP contribution in [0.5, 0.6) is 11.5 Å². The molecule has 0 radical (unpaired) electrons. The molecule has 1 atom stereocenters. The van der Waals surface area contributed by atoms with Gasteiger partial charge in [-0.15, -0.1) is 11.3 Å².